The lowest BCUT2D eigenvalue weighted by atomic mass is 10.1. The molecule has 0 bridgehead atoms. The summed E-state index contributed by atoms with van der Waals surface area (Å²) in [6.07, 6.45) is 1.99. The van der Waals surface area contributed by atoms with E-state index in [-0.39, 0.29) is 0 Å². The Labute approximate surface area is 132 Å². The summed E-state index contributed by atoms with van der Waals surface area (Å²) in [6.45, 7) is 5.57. The molecule has 2 aromatic rings. The van der Waals surface area contributed by atoms with Crippen molar-refractivity contribution in [3.05, 3.63) is 48.5 Å². The van der Waals surface area contributed by atoms with Crippen molar-refractivity contribution >= 4 is 11.4 Å². The van der Waals surface area contributed by atoms with Crippen LogP contribution in [-0.4, -0.2) is 13.2 Å². The van der Waals surface area contributed by atoms with E-state index in [2.05, 4.69) is 49.1 Å². The zero-order valence-corrected chi connectivity index (χ0v) is 13.3. The molecule has 2 N–H and O–H groups in total. The van der Waals surface area contributed by atoms with Gasteiger partial charge in [0, 0.05) is 0 Å². The number of nitrogens with one attached hydrogen (secondary N) is 2. The maximum Gasteiger partial charge on any atom is 0.0743 e. The van der Waals surface area contributed by atoms with E-state index in [4.69, 9.17) is 9.68 Å². The van der Waals surface area contributed by atoms with Crippen LogP contribution in [-0.2, 0) is 9.68 Å². The van der Waals surface area contributed by atoms with Crippen molar-refractivity contribution in [3.63, 3.8) is 0 Å². The third kappa shape index (κ3) is 5.06. The van der Waals surface area contributed by atoms with E-state index in [0.717, 1.165) is 24.2 Å². The monoisotopic (exact) mass is 300 g/mol. The van der Waals surface area contributed by atoms with E-state index in [1.54, 1.807) is 0 Å². The highest BCUT2D eigenvalue weighted by atomic mass is 16.6. The molecule has 0 heterocycles. The number of anilines is 2. The fraction of sp³-hybridized carbons (Fsp3) is 0.333. The minimum absolute atomic E-state index is 0.705. The van der Waals surface area contributed by atoms with Crippen molar-refractivity contribution in [3.8, 4) is 11.1 Å². The second-order valence-corrected chi connectivity index (χ2v) is 5.06. The SMILES string of the molecule is CCCONc1ccc(-c2ccc(NOCCC)cc2)cc1. The lowest BCUT2D eigenvalue weighted by Gasteiger charge is -2.09. The van der Waals surface area contributed by atoms with Gasteiger partial charge in [-0.15, -0.1) is 0 Å². The van der Waals surface area contributed by atoms with Gasteiger partial charge in [-0.3, -0.25) is 20.6 Å². The summed E-state index contributed by atoms with van der Waals surface area (Å²) in [5, 5.41) is 0. The highest BCUT2D eigenvalue weighted by Crippen LogP contribution is 2.23. The molecule has 2 aromatic carbocycles. The van der Waals surface area contributed by atoms with Crippen molar-refractivity contribution in [2.75, 3.05) is 24.2 Å². The van der Waals surface area contributed by atoms with Crippen molar-refractivity contribution < 1.29 is 9.68 Å². The summed E-state index contributed by atoms with van der Waals surface area (Å²) in [5.74, 6) is 0. The number of hydrogen-bond acceptors (Lipinski definition) is 4. The van der Waals surface area contributed by atoms with Gasteiger partial charge < -0.3 is 0 Å². The maximum absolute atomic E-state index is 5.30. The van der Waals surface area contributed by atoms with Crippen LogP contribution in [0.4, 0.5) is 11.4 Å². The average Bonchev–Trinajstić information content (AvgIpc) is 2.57. The Hall–Kier alpha value is -2.04. The smallest absolute Gasteiger partial charge is 0.0743 e. The van der Waals surface area contributed by atoms with Crippen LogP contribution in [0.3, 0.4) is 0 Å². The van der Waals surface area contributed by atoms with Gasteiger partial charge in [-0.05, 0) is 48.2 Å². The van der Waals surface area contributed by atoms with Crippen molar-refractivity contribution in [2.45, 2.75) is 26.7 Å². The van der Waals surface area contributed by atoms with E-state index in [9.17, 15) is 0 Å². The first-order chi connectivity index (χ1) is 10.8. The predicted molar refractivity (Wildman–Crippen MR) is 91.6 cm³/mol. The molecule has 0 unspecified atom stereocenters. The van der Waals surface area contributed by atoms with E-state index in [0.29, 0.717) is 13.2 Å². The molecule has 118 valence electrons. The van der Waals surface area contributed by atoms with Gasteiger partial charge in [0.25, 0.3) is 0 Å². The third-order valence-corrected chi connectivity index (χ3v) is 3.10. The van der Waals surface area contributed by atoms with Gasteiger partial charge in [0.15, 0.2) is 0 Å². The zero-order valence-electron chi connectivity index (χ0n) is 13.3. The molecule has 2 rings (SSSR count). The molecule has 0 aliphatic carbocycles. The largest absolute Gasteiger partial charge is 0.276 e. The highest BCUT2D eigenvalue weighted by molar-refractivity contribution is 5.67. The molecule has 0 radical (unpaired) electrons. The van der Waals surface area contributed by atoms with E-state index < -0.39 is 0 Å². The van der Waals surface area contributed by atoms with Gasteiger partial charge in [0.1, 0.15) is 0 Å². The van der Waals surface area contributed by atoms with Gasteiger partial charge in [-0.25, -0.2) is 0 Å². The molecule has 0 spiro atoms. The molecular weight excluding hydrogens is 276 g/mol. The molecule has 0 aliphatic heterocycles. The van der Waals surface area contributed by atoms with Crippen LogP contribution >= 0.6 is 0 Å². The fourth-order valence-electron chi connectivity index (χ4n) is 1.93. The lowest BCUT2D eigenvalue weighted by Crippen LogP contribution is -2.01. The molecule has 22 heavy (non-hydrogen) atoms. The summed E-state index contributed by atoms with van der Waals surface area (Å²) in [7, 11) is 0. The minimum atomic E-state index is 0.705. The molecule has 0 aliphatic rings. The average molecular weight is 300 g/mol. The highest BCUT2D eigenvalue weighted by Gasteiger charge is 1.99. The summed E-state index contributed by atoms with van der Waals surface area (Å²) in [5.41, 5.74) is 10.1. The topological polar surface area (TPSA) is 42.5 Å². The van der Waals surface area contributed by atoms with Crippen molar-refractivity contribution in [2.24, 2.45) is 0 Å². The maximum atomic E-state index is 5.30. The first-order valence-corrected chi connectivity index (χ1v) is 7.79. The molecule has 0 fully saturated rings. The van der Waals surface area contributed by atoms with Gasteiger partial charge >= 0.3 is 0 Å². The molecule has 0 saturated carbocycles. The van der Waals surface area contributed by atoms with E-state index in [1.165, 1.54) is 11.1 Å². The van der Waals surface area contributed by atoms with Crippen molar-refractivity contribution in [1.29, 1.82) is 0 Å². The molecule has 0 atom stereocenters. The van der Waals surface area contributed by atoms with Gasteiger partial charge in [0.05, 0.1) is 24.6 Å². The van der Waals surface area contributed by atoms with Crippen LogP contribution in [0, 0.1) is 0 Å². The molecule has 0 aromatic heterocycles. The standard InChI is InChI=1S/C18H24N2O2/c1-3-13-21-19-17-9-5-15(6-10-17)16-7-11-18(12-8-16)20-22-14-4-2/h5-12,19-20H,3-4,13-14H2,1-2H3. The Bertz CT molecular complexity index is 487. The van der Waals surface area contributed by atoms with E-state index >= 15 is 0 Å². The molecule has 0 saturated heterocycles. The second-order valence-electron chi connectivity index (χ2n) is 5.06. The van der Waals surface area contributed by atoms with Crippen LogP contribution in [0.15, 0.2) is 48.5 Å². The Morgan fingerprint density at radius 1 is 0.636 bits per heavy atom. The van der Waals surface area contributed by atoms with Gasteiger partial charge in [-0.1, -0.05) is 38.1 Å². The van der Waals surface area contributed by atoms with Crippen LogP contribution in [0.25, 0.3) is 11.1 Å². The normalized spacial score (nSPS) is 10.5. The van der Waals surface area contributed by atoms with Crippen LogP contribution < -0.4 is 11.0 Å². The fourth-order valence-corrected chi connectivity index (χ4v) is 1.93. The van der Waals surface area contributed by atoms with Crippen LogP contribution in [0.1, 0.15) is 26.7 Å². The first kappa shape index (κ1) is 16.3. The van der Waals surface area contributed by atoms with Crippen molar-refractivity contribution in [1.82, 2.24) is 0 Å². The number of hydrogen-bond donors (Lipinski definition) is 2. The minimum Gasteiger partial charge on any atom is -0.276 e. The first-order valence-electron chi connectivity index (χ1n) is 7.79. The van der Waals surface area contributed by atoms with Gasteiger partial charge in [0.2, 0.25) is 0 Å². The number of rotatable bonds is 9. The molecule has 4 heteroatoms. The number of benzene rings is 2. The molecule has 4 nitrogen and oxygen atoms in total. The Balaban J connectivity index is 1.93. The van der Waals surface area contributed by atoms with E-state index in [1.807, 2.05) is 24.3 Å². The van der Waals surface area contributed by atoms with Crippen LogP contribution in [0.5, 0.6) is 0 Å². The van der Waals surface area contributed by atoms with Gasteiger partial charge in [-0.2, -0.15) is 0 Å². The summed E-state index contributed by atoms with van der Waals surface area (Å²) in [6, 6.07) is 16.4. The van der Waals surface area contributed by atoms with Crippen LogP contribution in [0.2, 0.25) is 0 Å². The summed E-state index contributed by atoms with van der Waals surface area (Å²) < 4.78 is 0. The predicted octanol–water partition coefficient (Wildman–Crippen LogP) is 4.86. The lowest BCUT2D eigenvalue weighted by molar-refractivity contribution is 0.194. The third-order valence-electron chi connectivity index (χ3n) is 3.10. The summed E-state index contributed by atoms with van der Waals surface area (Å²) >= 11 is 0. The Kier molecular flexibility index (Phi) is 6.74. The Morgan fingerprint density at radius 3 is 1.32 bits per heavy atom. The second kappa shape index (κ2) is 9.07. The quantitative estimate of drug-likeness (QED) is 0.512. The Morgan fingerprint density at radius 2 is 1.00 bits per heavy atom. The molecular formula is C18H24N2O2. The summed E-state index contributed by atoms with van der Waals surface area (Å²) in [4.78, 5) is 10.6. The zero-order chi connectivity index (χ0) is 15.6. The molecule has 0 amide bonds.